The fourth-order valence-electron chi connectivity index (χ4n) is 2.39. The Morgan fingerprint density at radius 1 is 1.05 bits per heavy atom. The van der Waals surface area contributed by atoms with Gasteiger partial charge < -0.3 is 10.6 Å². The summed E-state index contributed by atoms with van der Waals surface area (Å²) in [4.78, 5) is 14.2. The number of rotatable bonds is 1. The number of nitrogen functional groups attached to an aromatic ring is 1. The molecule has 1 aliphatic heterocycles. The molecule has 0 aromatic heterocycles. The maximum atomic E-state index is 12.5. The molecular weight excluding hydrogens is 295 g/mol. The molecule has 3 nitrogen and oxygen atoms in total. The van der Waals surface area contributed by atoms with E-state index < -0.39 is 0 Å². The van der Waals surface area contributed by atoms with Gasteiger partial charge in [-0.1, -0.05) is 29.3 Å². The minimum Gasteiger partial charge on any atom is -0.399 e. The van der Waals surface area contributed by atoms with Gasteiger partial charge in [-0.25, -0.2) is 0 Å². The average molecular weight is 307 g/mol. The molecule has 2 N–H and O–H groups in total. The Balaban J connectivity index is 1.87. The Labute approximate surface area is 126 Å². The summed E-state index contributed by atoms with van der Waals surface area (Å²) in [5, 5.41) is 0.891. The fourth-order valence-corrected chi connectivity index (χ4v) is 2.88. The zero-order chi connectivity index (χ0) is 14.3. The van der Waals surface area contributed by atoms with Crippen molar-refractivity contribution in [3.63, 3.8) is 0 Å². The number of hydrogen-bond acceptors (Lipinski definition) is 2. The van der Waals surface area contributed by atoms with Gasteiger partial charge in [0.1, 0.15) is 0 Å². The van der Waals surface area contributed by atoms with Gasteiger partial charge in [0.25, 0.3) is 5.91 Å². The molecule has 0 unspecified atom stereocenters. The molecule has 0 radical (unpaired) electrons. The molecule has 102 valence electrons. The standard InChI is InChI=1S/C15H12Cl2N2O/c16-11-2-4-13(14(17)6-11)15(20)19-7-9-1-3-12(18)5-10(9)8-19/h1-6H,7-8,18H2. The number of halogens is 2. The minimum absolute atomic E-state index is 0.0959. The maximum Gasteiger partial charge on any atom is 0.255 e. The molecule has 20 heavy (non-hydrogen) atoms. The van der Waals surface area contributed by atoms with Crippen molar-refractivity contribution in [3.05, 3.63) is 63.1 Å². The molecule has 0 saturated carbocycles. The first kappa shape index (κ1) is 13.3. The topological polar surface area (TPSA) is 46.3 Å². The Hall–Kier alpha value is -1.71. The third-order valence-electron chi connectivity index (χ3n) is 3.40. The van der Waals surface area contributed by atoms with Crippen molar-refractivity contribution >= 4 is 34.8 Å². The van der Waals surface area contributed by atoms with Crippen LogP contribution in [0.15, 0.2) is 36.4 Å². The molecule has 0 bridgehead atoms. The molecule has 0 atom stereocenters. The van der Waals surface area contributed by atoms with Crippen LogP contribution in [0.2, 0.25) is 10.0 Å². The lowest BCUT2D eigenvalue weighted by atomic mass is 10.1. The first-order valence-electron chi connectivity index (χ1n) is 6.16. The van der Waals surface area contributed by atoms with E-state index in [2.05, 4.69) is 0 Å². The third-order valence-corrected chi connectivity index (χ3v) is 3.95. The van der Waals surface area contributed by atoms with Crippen molar-refractivity contribution in [1.82, 2.24) is 4.90 Å². The Morgan fingerprint density at radius 3 is 2.55 bits per heavy atom. The summed E-state index contributed by atoms with van der Waals surface area (Å²) >= 11 is 11.9. The third kappa shape index (κ3) is 2.35. The van der Waals surface area contributed by atoms with Gasteiger partial charge >= 0.3 is 0 Å². The summed E-state index contributed by atoms with van der Waals surface area (Å²) in [6, 6.07) is 10.6. The zero-order valence-electron chi connectivity index (χ0n) is 10.6. The smallest absolute Gasteiger partial charge is 0.255 e. The van der Waals surface area contributed by atoms with Crippen LogP contribution >= 0.6 is 23.2 Å². The van der Waals surface area contributed by atoms with E-state index in [0.29, 0.717) is 34.4 Å². The molecule has 1 amide bonds. The summed E-state index contributed by atoms with van der Waals surface area (Å²) in [6.07, 6.45) is 0. The van der Waals surface area contributed by atoms with Crippen LogP contribution in [0.1, 0.15) is 21.5 Å². The van der Waals surface area contributed by atoms with Gasteiger partial charge in [-0.15, -0.1) is 0 Å². The van der Waals surface area contributed by atoms with E-state index in [1.807, 2.05) is 18.2 Å². The molecule has 0 aliphatic carbocycles. The lowest BCUT2D eigenvalue weighted by Gasteiger charge is -2.16. The lowest BCUT2D eigenvalue weighted by molar-refractivity contribution is 0.0751. The van der Waals surface area contributed by atoms with Crippen LogP contribution in [0.3, 0.4) is 0 Å². The van der Waals surface area contributed by atoms with E-state index in [1.54, 1.807) is 23.1 Å². The van der Waals surface area contributed by atoms with Gasteiger partial charge in [0.2, 0.25) is 0 Å². The number of anilines is 1. The van der Waals surface area contributed by atoms with Crippen molar-refractivity contribution in [3.8, 4) is 0 Å². The summed E-state index contributed by atoms with van der Waals surface area (Å²) in [5.74, 6) is -0.0959. The first-order chi connectivity index (χ1) is 9.54. The molecule has 2 aromatic rings. The number of benzene rings is 2. The second-order valence-electron chi connectivity index (χ2n) is 4.81. The Morgan fingerprint density at radius 2 is 1.80 bits per heavy atom. The monoisotopic (exact) mass is 306 g/mol. The molecule has 0 fully saturated rings. The normalized spacial score (nSPS) is 13.4. The number of carbonyl (C=O) groups is 1. The maximum absolute atomic E-state index is 12.5. The highest BCUT2D eigenvalue weighted by Gasteiger charge is 2.25. The number of hydrogen-bond donors (Lipinski definition) is 1. The predicted octanol–water partition coefficient (Wildman–Crippen LogP) is 3.73. The summed E-state index contributed by atoms with van der Waals surface area (Å²) in [6.45, 7) is 1.13. The SMILES string of the molecule is Nc1ccc2c(c1)CN(C(=O)c1ccc(Cl)cc1Cl)C2. The fraction of sp³-hybridized carbons (Fsp3) is 0.133. The first-order valence-corrected chi connectivity index (χ1v) is 6.92. The lowest BCUT2D eigenvalue weighted by Crippen LogP contribution is -2.25. The Kier molecular flexibility index (Phi) is 3.32. The van der Waals surface area contributed by atoms with E-state index in [9.17, 15) is 4.79 Å². The quantitative estimate of drug-likeness (QED) is 0.816. The highest BCUT2D eigenvalue weighted by atomic mass is 35.5. The molecule has 3 rings (SSSR count). The van der Waals surface area contributed by atoms with Crippen LogP contribution in [-0.4, -0.2) is 10.8 Å². The van der Waals surface area contributed by atoms with Gasteiger partial charge in [-0.2, -0.15) is 0 Å². The van der Waals surface area contributed by atoms with E-state index in [1.165, 1.54) is 0 Å². The Bertz CT molecular complexity index is 700. The van der Waals surface area contributed by atoms with Gasteiger partial charge in [0.15, 0.2) is 0 Å². The molecule has 0 saturated heterocycles. The van der Waals surface area contributed by atoms with Gasteiger partial charge in [0, 0.05) is 23.8 Å². The van der Waals surface area contributed by atoms with Crippen molar-refractivity contribution in [2.75, 3.05) is 5.73 Å². The molecular formula is C15H12Cl2N2O. The number of amides is 1. The zero-order valence-corrected chi connectivity index (χ0v) is 12.1. The van der Waals surface area contributed by atoms with Crippen LogP contribution in [0, 0.1) is 0 Å². The number of nitrogens with zero attached hydrogens (tertiary/aromatic N) is 1. The van der Waals surface area contributed by atoms with E-state index in [0.717, 1.165) is 11.1 Å². The highest BCUT2D eigenvalue weighted by Crippen LogP contribution is 2.28. The van der Waals surface area contributed by atoms with E-state index in [-0.39, 0.29) is 5.91 Å². The minimum atomic E-state index is -0.0959. The van der Waals surface area contributed by atoms with E-state index in [4.69, 9.17) is 28.9 Å². The molecule has 0 spiro atoms. The summed E-state index contributed by atoms with van der Waals surface area (Å²) in [5.41, 5.74) is 9.15. The second kappa shape index (κ2) is 5.00. The van der Waals surface area contributed by atoms with Gasteiger partial charge in [-0.3, -0.25) is 4.79 Å². The van der Waals surface area contributed by atoms with Crippen molar-refractivity contribution in [2.24, 2.45) is 0 Å². The van der Waals surface area contributed by atoms with Crippen molar-refractivity contribution in [1.29, 1.82) is 0 Å². The van der Waals surface area contributed by atoms with Gasteiger partial charge in [0.05, 0.1) is 10.6 Å². The average Bonchev–Trinajstić information content (AvgIpc) is 2.81. The van der Waals surface area contributed by atoms with Crippen LogP contribution in [0.25, 0.3) is 0 Å². The molecule has 2 aromatic carbocycles. The molecule has 1 heterocycles. The second-order valence-corrected chi connectivity index (χ2v) is 5.66. The van der Waals surface area contributed by atoms with Crippen LogP contribution in [0.4, 0.5) is 5.69 Å². The number of nitrogens with two attached hydrogens (primary N) is 1. The van der Waals surface area contributed by atoms with Crippen LogP contribution in [-0.2, 0) is 13.1 Å². The molecule has 5 heteroatoms. The van der Waals surface area contributed by atoms with Crippen molar-refractivity contribution in [2.45, 2.75) is 13.1 Å². The summed E-state index contributed by atoms with van der Waals surface area (Å²) < 4.78 is 0. The van der Waals surface area contributed by atoms with Crippen molar-refractivity contribution < 1.29 is 4.79 Å². The summed E-state index contributed by atoms with van der Waals surface area (Å²) in [7, 11) is 0. The number of carbonyl (C=O) groups excluding carboxylic acids is 1. The van der Waals surface area contributed by atoms with Crippen LogP contribution < -0.4 is 5.73 Å². The molecule has 1 aliphatic rings. The number of fused-ring (bicyclic) bond motifs is 1. The van der Waals surface area contributed by atoms with Crippen LogP contribution in [0.5, 0.6) is 0 Å². The van der Waals surface area contributed by atoms with Gasteiger partial charge in [-0.05, 0) is 41.5 Å². The predicted molar refractivity (Wildman–Crippen MR) is 80.9 cm³/mol. The highest BCUT2D eigenvalue weighted by molar-refractivity contribution is 6.36. The largest absolute Gasteiger partial charge is 0.399 e. The van der Waals surface area contributed by atoms with E-state index >= 15 is 0 Å².